The summed E-state index contributed by atoms with van der Waals surface area (Å²) in [6.07, 6.45) is -4.63. The monoisotopic (exact) mass is 488 g/mol. The number of hydrogen-bond acceptors (Lipinski definition) is 5. The summed E-state index contributed by atoms with van der Waals surface area (Å²) in [5.74, 6) is -1.74. The Morgan fingerprint density at radius 1 is 1.12 bits per heavy atom. The molecule has 0 aliphatic carbocycles. The number of aromatic nitrogens is 1. The molecule has 1 atom stereocenters. The summed E-state index contributed by atoms with van der Waals surface area (Å²) in [6, 6.07) is 11.5. The van der Waals surface area contributed by atoms with E-state index in [1.54, 1.807) is 29.6 Å². The Labute approximate surface area is 196 Å². The highest BCUT2D eigenvalue weighted by atomic mass is 32.1. The zero-order chi connectivity index (χ0) is 24.5. The van der Waals surface area contributed by atoms with Crippen molar-refractivity contribution in [1.29, 1.82) is 0 Å². The molecule has 1 aliphatic rings. The summed E-state index contributed by atoms with van der Waals surface area (Å²) in [6.45, 7) is 1.40. The fourth-order valence-electron chi connectivity index (χ4n) is 3.58. The van der Waals surface area contributed by atoms with Gasteiger partial charge in [0.1, 0.15) is 0 Å². The zero-order valence-electron chi connectivity index (χ0n) is 17.8. The van der Waals surface area contributed by atoms with Crippen molar-refractivity contribution in [3.8, 4) is 11.3 Å². The van der Waals surface area contributed by atoms with Crippen molar-refractivity contribution in [1.82, 2.24) is 4.98 Å². The van der Waals surface area contributed by atoms with E-state index in [4.69, 9.17) is 0 Å². The van der Waals surface area contributed by atoms with Crippen molar-refractivity contribution >= 4 is 45.6 Å². The van der Waals surface area contributed by atoms with Crippen LogP contribution in [0.4, 0.5) is 29.7 Å². The van der Waals surface area contributed by atoms with E-state index in [2.05, 4.69) is 15.6 Å². The van der Waals surface area contributed by atoms with Crippen LogP contribution in [0.3, 0.4) is 0 Å². The van der Waals surface area contributed by atoms with E-state index in [9.17, 15) is 27.6 Å². The molecule has 0 spiro atoms. The van der Waals surface area contributed by atoms with Gasteiger partial charge in [0.15, 0.2) is 5.13 Å². The number of nitrogens with one attached hydrogen (secondary N) is 2. The molecule has 4 rings (SSSR count). The Balaban J connectivity index is 1.41. The van der Waals surface area contributed by atoms with Gasteiger partial charge in [-0.2, -0.15) is 13.2 Å². The van der Waals surface area contributed by atoms with E-state index in [-0.39, 0.29) is 24.6 Å². The Hall–Kier alpha value is -3.73. The highest BCUT2D eigenvalue weighted by Crippen LogP contribution is 2.34. The largest absolute Gasteiger partial charge is 0.416 e. The first-order valence-corrected chi connectivity index (χ1v) is 11.1. The lowest BCUT2D eigenvalue weighted by Crippen LogP contribution is -2.28. The number of anilines is 3. The fraction of sp³-hybridized carbons (Fsp3) is 0.217. The van der Waals surface area contributed by atoms with Crippen molar-refractivity contribution < 1.29 is 27.6 Å². The van der Waals surface area contributed by atoms with Crippen molar-refractivity contribution in [2.24, 2.45) is 5.92 Å². The van der Waals surface area contributed by atoms with Crippen LogP contribution < -0.4 is 15.5 Å². The normalized spacial score (nSPS) is 15.9. The van der Waals surface area contributed by atoms with Gasteiger partial charge in [-0.15, -0.1) is 11.3 Å². The molecular weight excluding hydrogens is 469 g/mol. The zero-order valence-corrected chi connectivity index (χ0v) is 18.7. The standard InChI is InChI=1S/C23H19F3N4O3S/c1-13(31)27-17-7-5-14(6-8-17)19-12-34-22(28-19)29-21(33)15-9-20(32)30(11-15)18-4-2-3-16(10-18)23(24,25)26/h2-8,10,12,15H,9,11H2,1H3,(H,27,31)(H,28,29,33). The van der Waals surface area contributed by atoms with Gasteiger partial charge in [0.25, 0.3) is 0 Å². The molecule has 1 unspecified atom stereocenters. The lowest BCUT2D eigenvalue weighted by atomic mass is 10.1. The Morgan fingerprint density at radius 2 is 1.85 bits per heavy atom. The molecule has 2 N–H and O–H groups in total. The smallest absolute Gasteiger partial charge is 0.326 e. The Bertz CT molecular complexity index is 1240. The molecule has 3 aromatic rings. The van der Waals surface area contributed by atoms with Gasteiger partial charge in [0.2, 0.25) is 17.7 Å². The molecule has 1 fully saturated rings. The summed E-state index contributed by atoms with van der Waals surface area (Å²) in [5.41, 5.74) is 1.32. The van der Waals surface area contributed by atoms with Gasteiger partial charge in [-0.3, -0.25) is 14.4 Å². The van der Waals surface area contributed by atoms with Gasteiger partial charge in [0, 0.05) is 42.2 Å². The average molecular weight is 488 g/mol. The molecule has 34 heavy (non-hydrogen) atoms. The minimum absolute atomic E-state index is 0.0190. The van der Waals surface area contributed by atoms with Gasteiger partial charge in [0.05, 0.1) is 17.2 Å². The third-order valence-corrected chi connectivity index (χ3v) is 5.97. The van der Waals surface area contributed by atoms with Crippen LogP contribution >= 0.6 is 11.3 Å². The maximum Gasteiger partial charge on any atom is 0.416 e. The molecular formula is C23H19F3N4O3S. The number of halogens is 3. The van der Waals surface area contributed by atoms with E-state index in [0.717, 1.165) is 17.7 Å². The van der Waals surface area contributed by atoms with E-state index >= 15 is 0 Å². The van der Waals surface area contributed by atoms with Crippen molar-refractivity contribution in [3.05, 3.63) is 59.5 Å². The molecule has 176 valence electrons. The van der Waals surface area contributed by atoms with Crippen LogP contribution in [0.25, 0.3) is 11.3 Å². The second kappa shape index (κ2) is 9.26. The van der Waals surface area contributed by atoms with Crippen LogP contribution in [-0.4, -0.2) is 29.3 Å². The third-order valence-electron chi connectivity index (χ3n) is 5.22. The molecule has 0 saturated carbocycles. The molecule has 1 aromatic heterocycles. The summed E-state index contributed by atoms with van der Waals surface area (Å²) in [5, 5.41) is 7.47. The molecule has 1 saturated heterocycles. The topological polar surface area (TPSA) is 91.4 Å². The van der Waals surface area contributed by atoms with Crippen molar-refractivity contribution in [2.75, 3.05) is 22.1 Å². The van der Waals surface area contributed by atoms with Crippen LogP contribution in [0.1, 0.15) is 18.9 Å². The average Bonchev–Trinajstić information content (AvgIpc) is 3.40. The summed E-state index contributed by atoms with van der Waals surface area (Å²) in [4.78, 5) is 41.8. The third kappa shape index (κ3) is 5.25. The number of thiazole rings is 1. The first-order chi connectivity index (χ1) is 16.1. The van der Waals surface area contributed by atoms with E-state index < -0.39 is 29.5 Å². The van der Waals surface area contributed by atoms with Crippen molar-refractivity contribution in [3.63, 3.8) is 0 Å². The van der Waals surface area contributed by atoms with Crippen LogP contribution in [0.5, 0.6) is 0 Å². The molecule has 11 heteroatoms. The highest BCUT2D eigenvalue weighted by Gasteiger charge is 2.37. The molecule has 7 nitrogen and oxygen atoms in total. The number of carbonyl (C=O) groups excluding carboxylic acids is 3. The SMILES string of the molecule is CC(=O)Nc1ccc(-c2csc(NC(=O)C3CC(=O)N(c4cccc(C(F)(F)F)c4)C3)n2)cc1. The first kappa shape index (κ1) is 23.4. The quantitative estimate of drug-likeness (QED) is 0.541. The van der Waals surface area contributed by atoms with Gasteiger partial charge in [-0.1, -0.05) is 18.2 Å². The van der Waals surface area contributed by atoms with Gasteiger partial charge < -0.3 is 15.5 Å². The number of nitrogens with zero attached hydrogens (tertiary/aromatic N) is 2. The Kier molecular flexibility index (Phi) is 6.38. The number of carbonyl (C=O) groups is 3. The van der Waals surface area contributed by atoms with Crippen LogP contribution in [0.2, 0.25) is 0 Å². The lowest BCUT2D eigenvalue weighted by molar-refractivity contribution is -0.137. The van der Waals surface area contributed by atoms with E-state index in [0.29, 0.717) is 16.5 Å². The molecule has 3 amide bonds. The number of hydrogen-bond donors (Lipinski definition) is 2. The second-order valence-corrected chi connectivity index (χ2v) is 8.60. The second-order valence-electron chi connectivity index (χ2n) is 7.74. The molecule has 0 bridgehead atoms. The minimum atomic E-state index is -4.53. The molecule has 2 aromatic carbocycles. The van der Waals surface area contributed by atoms with Crippen molar-refractivity contribution in [2.45, 2.75) is 19.5 Å². The van der Waals surface area contributed by atoms with E-state index in [1.807, 2.05) is 0 Å². The predicted molar refractivity (Wildman–Crippen MR) is 122 cm³/mol. The summed E-state index contributed by atoms with van der Waals surface area (Å²) in [7, 11) is 0. The number of rotatable bonds is 5. The number of alkyl halides is 3. The fourth-order valence-corrected chi connectivity index (χ4v) is 4.30. The summed E-state index contributed by atoms with van der Waals surface area (Å²) < 4.78 is 39.0. The number of amides is 3. The van der Waals surface area contributed by atoms with Crippen LogP contribution in [0, 0.1) is 5.92 Å². The molecule has 0 radical (unpaired) electrons. The van der Waals surface area contributed by atoms with Gasteiger partial charge >= 0.3 is 6.18 Å². The highest BCUT2D eigenvalue weighted by molar-refractivity contribution is 7.14. The van der Waals surface area contributed by atoms with Crippen LogP contribution in [-0.2, 0) is 20.6 Å². The maximum absolute atomic E-state index is 13.0. The van der Waals surface area contributed by atoms with Crippen LogP contribution in [0.15, 0.2) is 53.9 Å². The Morgan fingerprint density at radius 3 is 2.53 bits per heavy atom. The number of benzene rings is 2. The molecule has 2 heterocycles. The predicted octanol–water partition coefficient (Wildman–Crippen LogP) is 4.78. The van der Waals surface area contributed by atoms with Gasteiger partial charge in [-0.05, 0) is 30.3 Å². The summed E-state index contributed by atoms with van der Waals surface area (Å²) >= 11 is 1.21. The minimum Gasteiger partial charge on any atom is -0.326 e. The maximum atomic E-state index is 13.0. The van der Waals surface area contributed by atoms with Gasteiger partial charge in [-0.25, -0.2) is 4.98 Å². The first-order valence-electron chi connectivity index (χ1n) is 10.2. The van der Waals surface area contributed by atoms with E-state index in [1.165, 1.54) is 35.3 Å². The molecule has 1 aliphatic heterocycles. The lowest BCUT2D eigenvalue weighted by Gasteiger charge is -2.18.